The van der Waals surface area contributed by atoms with Gasteiger partial charge in [0.15, 0.2) is 0 Å². The highest BCUT2D eigenvalue weighted by Gasteiger charge is 2.32. The molecule has 2 fully saturated rings. The molecule has 0 aliphatic carbocycles. The minimum Gasteiger partial charge on any atom is -0.444 e. The van der Waals surface area contributed by atoms with E-state index in [1.807, 2.05) is 25.7 Å². The SMILES string of the molecule is CC(C)(C)OC(=O)N1CCC(C2CCN(c3ccc(CS)cc3)CC2)CC1. The number of amides is 1. The highest BCUT2D eigenvalue weighted by molar-refractivity contribution is 7.79. The van der Waals surface area contributed by atoms with Crippen LogP contribution in [0.5, 0.6) is 0 Å². The Morgan fingerprint density at radius 3 is 2.00 bits per heavy atom. The Kier molecular flexibility index (Phi) is 6.61. The van der Waals surface area contributed by atoms with Crippen LogP contribution in [0.4, 0.5) is 10.5 Å². The van der Waals surface area contributed by atoms with Gasteiger partial charge in [0.2, 0.25) is 0 Å². The molecule has 2 aliphatic heterocycles. The van der Waals surface area contributed by atoms with Crippen LogP contribution in [0.25, 0.3) is 0 Å². The lowest BCUT2D eigenvalue weighted by atomic mass is 9.79. The summed E-state index contributed by atoms with van der Waals surface area (Å²) in [6.45, 7) is 9.73. The van der Waals surface area contributed by atoms with Gasteiger partial charge in [0.1, 0.15) is 5.60 Å². The van der Waals surface area contributed by atoms with Gasteiger partial charge in [0.25, 0.3) is 0 Å². The van der Waals surface area contributed by atoms with Gasteiger partial charge < -0.3 is 14.5 Å². The van der Waals surface area contributed by atoms with Crippen LogP contribution in [0.15, 0.2) is 24.3 Å². The number of rotatable bonds is 3. The van der Waals surface area contributed by atoms with E-state index < -0.39 is 5.60 Å². The third kappa shape index (κ3) is 5.56. The van der Waals surface area contributed by atoms with E-state index in [9.17, 15) is 4.79 Å². The van der Waals surface area contributed by atoms with Crippen molar-refractivity contribution in [1.29, 1.82) is 0 Å². The van der Waals surface area contributed by atoms with E-state index >= 15 is 0 Å². The van der Waals surface area contributed by atoms with Gasteiger partial charge in [-0.3, -0.25) is 0 Å². The number of likely N-dealkylation sites (tertiary alicyclic amines) is 1. The fraction of sp³-hybridized carbons (Fsp3) is 0.682. The molecule has 2 saturated heterocycles. The Morgan fingerprint density at radius 1 is 1.00 bits per heavy atom. The number of hydrogen-bond acceptors (Lipinski definition) is 4. The van der Waals surface area contributed by atoms with Crippen molar-refractivity contribution in [3.8, 4) is 0 Å². The van der Waals surface area contributed by atoms with Crippen molar-refractivity contribution in [3.63, 3.8) is 0 Å². The second-order valence-electron chi connectivity index (χ2n) is 8.95. The van der Waals surface area contributed by atoms with Gasteiger partial charge in [0.05, 0.1) is 0 Å². The zero-order valence-electron chi connectivity index (χ0n) is 17.0. The van der Waals surface area contributed by atoms with Crippen molar-refractivity contribution in [2.75, 3.05) is 31.1 Å². The van der Waals surface area contributed by atoms with Crippen LogP contribution in [0, 0.1) is 11.8 Å². The third-order valence-electron chi connectivity index (χ3n) is 5.88. The van der Waals surface area contributed by atoms with Gasteiger partial charge >= 0.3 is 6.09 Å². The third-order valence-corrected chi connectivity index (χ3v) is 6.25. The van der Waals surface area contributed by atoms with E-state index in [-0.39, 0.29) is 6.09 Å². The van der Waals surface area contributed by atoms with Crippen LogP contribution < -0.4 is 4.90 Å². The minimum atomic E-state index is -0.411. The van der Waals surface area contributed by atoms with Gasteiger partial charge in [-0.2, -0.15) is 12.6 Å². The highest BCUT2D eigenvalue weighted by atomic mass is 32.1. The fourth-order valence-corrected chi connectivity index (χ4v) is 4.53. The van der Waals surface area contributed by atoms with Crippen molar-refractivity contribution in [2.45, 2.75) is 57.8 Å². The molecule has 4 nitrogen and oxygen atoms in total. The Balaban J connectivity index is 1.44. The Hall–Kier alpha value is -1.36. The summed E-state index contributed by atoms with van der Waals surface area (Å²) in [5.74, 6) is 2.33. The van der Waals surface area contributed by atoms with E-state index in [4.69, 9.17) is 4.74 Å². The molecule has 150 valence electrons. The van der Waals surface area contributed by atoms with Gasteiger partial charge in [-0.05, 0) is 76.0 Å². The zero-order valence-corrected chi connectivity index (χ0v) is 17.9. The summed E-state index contributed by atoms with van der Waals surface area (Å²) in [4.78, 5) is 16.6. The van der Waals surface area contributed by atoms with Crippen LogP contribution in [-0.2, 0) is 10.5 Å². The quantitative estimate of drug-likeness (QED) is 0.739. The van der Waals surface area contributed by atoms with Crippen molar-refractivity contribution in [2.24, 2.45) is 11.8 Å². The van der Waals surface area contributed by atoms with Crippen LogP contribution in [-0.4, -0.2) is 42.8 Å². The molecular weight excluding hydrogens is 356 g/mol. The van der Waals surface area contributed by atoms with E-state index in [0.29, 0.717) is 0 Å². The predicted molar refractivity (Wildman–Crippen MR) is 115 cm³/mol. The molecule has 1 aromatic rings. The molecule has 2 heterocycles. The summed E-state index contributed by atoms with van der Waals surface area (Å²) in [5, 5.41) is 0. The Bertz CT molecular complexity index is 610. The lowest BCUT2D eigenvalue weighted by molar-refractivity contribution is 0.0152. The molecule has 1 aromatic carbocycles. The molecule has 2 aliphatic rings. The van der Waals surface area contributed by atoms with Crippen molar-refractivity contribution >= 4 is 24.4 Å². The normalized spacial score (nSPS) is 20.0. The van der Waals surface area contributed by atoms with Crippen molar-refractivity contribution in [1.82, 2.24) is 4.90 Å². The summed E-state index contributed by atoms with van der Waals surface area (Å²) in [5.41, 5.74) is 2.19. The largest absolute Gasteiger partial charge is 0.444 e. The average molecular weight is 391 g/mol. The van der Waals surface area contributed by atoms with Gasteiger partial charge in [-0.1, -0.05) is 12.1 Å². The first-order valence-electron chi connectivity index (χ1n) is 10.3. The summed E-state index contributed by atoms with van der Waals surface area (Å²) in [7, 11) is 0. The molecule has 0 spiro atoms. The first-order chi connectivity index (χ1) is 12.9. The van der Waals surface area contributed by atoms with Crippen molar-refractivity contribution in [3.05, 3.63) is 29.8 Å². The van der Waals surface area contributed by atoms with E-state index in [1.54, 1.807) is 0 Å². The number of thiol groups is 1. The molecule has 27 heavy (non-hydrogen) atoms. The fourth-order valence-electron chi connectivity index (χ4n) is 4.32. The average Bonchev–Trinajstić information content (AvgIpc) is 2.67. The van der Waals surface area contributed by atoms with Crippen molar-refractivity contribution < 1.29 is 9.53 Å². The number of hydrogen-bond donors (Lipinski definition) is 1. The molecule has 0 bridgehead atoms. The zero-order chi connectivity index (χ0) is 19.4. The smallest absolute Gasteiger partial charge is 0.410 e. The maximum atomic E-state index is 12.2. The summed E-state index contributed by atoms with van der Waals surface area (Å²) < 4.78 is 5.51. The standard InChI is InChI=1S/C22H34N2O2S/c1-22(2,3)26-21(25)24-14-10-19(11-15-24)18-8-12-23(13-9-18)20-6-4-17(16-27)5-7-20/h4-7,18-19,27H,8-16H2,1-3H3. The molecule has 3 rings (SSSR count). The lowest BCUT2D eigenvalue weighted by Gasteiger charge is -2.41. The van der Waals surface area contributed by atoms with Crippen LogP contribution in [0.3, 0.4) is 0 Å². The molecule has 0 radical (unpaired) electrons. The van der Waals surface area contributed by atoms with Crippen LogP contribution in [0.1, 0.15) is 52.0 Å². The van der Waals surface area contributed by atoms with E-state index in [1.165, 1.54) is 24.1 Å². The maximum Gasteiger partial charge on any atom is 0.410 e. The predicted octanol–water partition coefficient (Wildman–Crippen LogP) is 4.98. The number of benzene rings is 1. The van der Waals surface area contributed by atoms with Crippen LogP contribution >= 0.6 is 12.6 Å². The summed E-state index contributed by atoms with van der Waals surface area (Å²) in [6, 6.07) is 8.82. The molecule has 0 unspecified atom stereocenters. The minimum absolute atomic E-state index is 0.152. The van der Waals surface area contributed by atoms with Gasteiger partial charge in [0, 0.05) is 37.6 Å². The molecular formula is C22H34N2O2S. The monoisotopic (exact) mass is 390 g/mol. The summed E-state index contributed by atoms with van der Waals surface area (Å²) in [6.07, 6.45) is 4.58. The summed E-state index contributed by atoms with van der Waals surface area (Å²) >= 11 is 4.33. The van der Waals surface area contributed by atoms with E-state index in [0.717, 1.165) is 56.6 Å². The molecule has 5 heteroatoms. The Labute approximate surface area is 169 Å². The number of carbonyl (C=O) groups excluding carboxylic acids is 1. The second-order valence-corrected chi connectivity index (χ2v) is 9.27. The van der Waals surface area contributed by atoms with Gasteiger partial charge in [-0.25, -0.2) is 4.79 Å². The number of carbonyl (C=O) groups is 1. The number of ether oxygens (including phenoxy) is 1. The first kappa shape index (κ1) is 20.4. The number of anilines is 1. The van der Waals surface area contributed by atoms with Gasteiger partial charge in [-0.15, -0.1) is 0 Å². The lowest BCUT2D eigenvalue weighted by Crippen LogP contribution is -2.44. The Morgan fingerprint density at radius 2 is 1.52 bits per heavy atom. The van der Waals surface area contributed by atoms with Crippen LogP contribution in [0.2, 0.25) is 0 Å². The molecule has 0 atom stereocenters. The first-order valence-corrected chi connectivity index (χ1v) is 10.9. The highest BCUT2D eigenvalue weighted by Crippen LogP contribution is 2.34. The number of nitrogens with zero attached hydrogens (tertiary/aromatic N) is 2. The molecule has 0 N–H and O–H groups in total. The van der Waals surface area contributed by atoms with E-state index in [2.05, 4.69) is 41.8 Å². The topological polar surface area (TPSA) is 32.8 Å². The number of piperidine rings is 2. The molecule has 1 amide bonds. The molecule has 0 saturated carbocycles. The molecule has 0 aromatic heterocycles. The maximum absolute atomic E-state index is 12.2. The second kappa shape index (κ2) is 8.76.